The zero-order valence-electron chi connectivity index (χ0n) is 13.0. The van der Waals surface area contributed by atoms with Gasteiger partial charge < -0.3 is 16.0 Å². The van der Waals surface area contributed by atoms with Crippen LogP contribution in [0.1, 0.15) is 52.9 Å². The Bertz CT molecular complexity index is 295. The van der Waals surface area contributed by atoms with Crippen LogP contribution in [-0.4, -0.2) is 42.5 Å². The molecule has 1 aliphatic rings. The molecule has 1 aliphatic heterocycles. The molecule has 0 aromatic carbocycles. The topological polar surface area (TPSA) is 58.4 Å². The van der Waals surface area contributed by atoms with Crippen molar-refractivity contribution in [3.8, 4) is 0 Å². The van der Waals surface area contributed by atoms with Crippen molar-refractivity contribution in [2.75, 3.05) is 20.1 Å². The van der Waals surface area contributed by atoms with Crippen LogP contribution < -0.4 is 11.1 Å². The SMILES string of the molecule is CNC(C)(CCCCN1CC(C)CCC1C)C(N)=O. The van der Waals surface area contributed by atoms with E-state index in [1.54, 1.807) is 7.05 Å². The van der Waals surface area contributed by atoms with Crippen LogP contribution >= 0.6 is 0 Å². The van der Waals surface area contributed by atoms with Gasteiger partial charge in [-0.1, -0.05) is 6.92 Å². The summed E-state index contributed by atoms with van der Waals surface area (Å²) in [7, 11) is 1.80. The van der Waals surface area contributed by atoms with Gasteiger partial charge in [-0.05, 0) is 65.5 Å². The summed E-state index contributed by atoms with van der Waals surface area (Å²) in [6, 6.07) is 0.711. The van der Waals surface area contributed by atoms with Gasteiger partial charge in [0, 0.05) is 12.6 Å². The van der Waals surface area contributed by atoms with Gasteiger partial charge in [-0.15, -0.1) is 0 Å². The molecule has 0 radical (unpaired) electrons. The van der Waals surface area contributed by atoms with Crippen molar-refractivity contribution < 1.29 is 4.79 Å². The number of nitrogens with two attached hydrogens (primary N) is 1. The Morgan fingerprint density at radius 1 is 1.37 bits per heavy atom. The first-order valence-electron chi connectivity index (χ1n) is 7.62. The van der Waals surface area contributed by atoms with E-state index in [0.29, 0.717) is 6.04 Å². The summed E-state index contributed by atoms with van der Waals surface area (Å²) in [5.74, 6) is 0.569. The number of rotatable bonds is 7. The van der Waals surface area contributed by atoms with Gasteiger partial charge in [0.05, 0.1) is 5.54 Å². The van der Waals surface area contributed by atoms with Gasteiger partial charge in [-0.3, -0.25) is 4.79 Å². The second-order valence-corrected chi connectivity index (χ2v) is 6.43. The molecule has 112 valence electrons. The minimum absolute atomic E-state index is 0.255. The van der Waals surface area contributed by atoms with Crippen LogP contribution in [0.3, 0.4) is 0 Å². The maximum absolute atomic E-state index is 11.4. The molecule has 0 bridgehead atoms. The predicted molar refractivity (Wildman–Crippen MR) is 79.9 cm³/mol. The van der Waals surface area contributed by atoms with Crippen molar-refractivity contribution in [2.24, 2.45) is 11.7 Å². The summed E-state index contributed by atoms with van der Waals surface area (Å²) < 4.78 is 0. The molecule has 0 saturated carbocycles. The van der Waals surface area contributed by atoms with Crippen molar-refractivity contribution in [3.05, 3.63) is 0 Å². The van der Waals surface area contributed by atoms with Gasteiger partial charge in [0.2, 0.25) is 5.91 Å². The maximum Gasteiger partial charge on any atom is 0.237 e. The Balaban J connectivity index is 2.28. The van der Waals surface area contributed by atoms with E-state index in [0.717, 1.165) is 31.7 Å². The smallest absolute Gasteiger partial charge is 0.237 e. The third-order valence-corrected chi connectivity index (χ3v) is 4.71. The van der Waals surface area contributed by atoms with E-state index in [1.807, 2.05) is 6.92 Å². The number of likely N-dealkylation sites (N-methyl/N-ethyl adjacent to an activating group) is 1. The lowest BCUT2D eigenvalue weighted by Gasteiger charge is -2.37. The fraction of sp³-hybridized carbons (Fsp3) is 0.933. The molecule has 1 amide bonds. The second kappa shape index (κ2) is 7.25. The quantitative estimate of drug-likeness (QED) is 0.692. The van der Waals surface area contributed by atoms with E-state index in [2.05, 4.69) is 24.1 Å². The molecule has 4 heteroatoms. The van der Waals surface area contributed by atoms with E-state index >= 15 is 0 Å². The van der Waals surface area contributed by atoms with Crippen LogP contribution in [0.5, 0.6) is 0 Å². The van der Waals surface area contributed by atoms with E-state index in [1.165, 1.54) is 19.4 Å². The van der Waals surface area contributed by atoms with E-state index in [-0.39, 0.29) is 5.91 Å². The standard InChI is InChI=1S/C15H31N3O/c1-12-7-8-13(2)18(11-12)10-6-5-9-15(3,17-4)14(16)19/h12-13,17H,5-11H2,1-4H3,(H2,16,19). The highest BCUT2D eigenvalue weighted by molar-refractivity contribution is 5.84. The van der Waals surface area contributed by atoms with Crippen molar-refractivity contribution in [3.63, 3.8) is 0 Å². The van der Waals surface area contributed by atoms with Crippen molar-refractivity contribution >= 4 is 5.91 Å². The van der Waals surface area contributed by atoms with Gasteiger partial charge in [0.15, 0.2) is 0 Å². The predicted octanol–water partition coefficient (Wildman–Crippen LogP) is 1.74. The third kappa shape index (κ3) is 4.77. The minimum atomic E-state index is -0.555. The van der Waals surface area contributed by atoms with Crippen LogP contribution in [-0.2, 0) is 4.79 Å². The van der Waals surface area contributed by atoms with Gasteiger partial charge >= 0.3 is 0 Å². The Kier molecular flexibility index (Phi) is 6.27. The van der Waals surface area contributed by atoms with Crippen molar-refractivity contribution in [1.29, 1.82) is 0 Å². The molecule has 3 N–H and O–H groups in total. The molecule has 3 unspecified atom stereocenters. The number of unbranched alkanes of at least 4 members (excludes halogenated alkanes) is 1. The molecular weight excluding hydrogens is 238 g/mol. The number of nitrogens with zero attached hydrogens (tertiary/aromatic N) is 1. The molecule has 19 heavy (non-hydrogen) atoms. The summed E-state index contributed by atoms with van der Waals surface area (Å²) in [6.45, 7) is 8.92. The molecule has 0 spiro atoms. The van der Waals surface area contributed by atoms with Crippen LogP contribution in [0.2, 0.25) is 0 Å². The third-order valence-electron chi connectivity index (χ3n) is 4.71. The van der Waals surface area contributed by atoms with Crippen LogP contribution in [0.25, 0.3) is 0 Å². The molecule has 0 aromatic rings. The van der Waals surface area contributed by atoms with Crippen molar-refractivity contribution in [1.82, 2.24) is 10.2 Å². The van der Waals surface area contributed by atoms with Gasteiger partial charge in [0.25, 0.3) is 0 Å². The molecule has 1 fully saturated rings. The Morgan fingerprint density at radius 2 is 2.05 bits per heavy atom. The Labute approximate surface area is 118 Å². The largest absolute Gasteiger partial charge is 0.368 e. The first-order chi connectivity index (χ1) is 8.89. The molecular formula is C15H31N3O. The lowest BCUT2D eigenvalue weighted by Crippen LogP contribution is -2.51. The molecule has 3 atom stereocenters. The Morgan fingerprint density at radius 3 is 2.63 bits per heavy atom. The number of carbonyl (C=O) groups excluding carboxylic acids is 1. The summed E-state index contributed by atoms with van der Waals surface area (Å²) in [5.41, 5.74) is 4.88. The normalized spacial score (nSPS) is 28.0. The number of nitrogens with one attached hydrogen (secondary N) is 1. The summed E-state index contributed by atoms with van der Waals surface area (Å²) in [5, 5.41) is 3.04. The fourth-order valence-corrected chi connectivity index (χ4v) is 2.86. The molecule has 0 aliphatic carbocycles. The zero-order chi connectivity index (χ0) is 14.5. The lowest BCUT2D eigenvalue weighted by atomic mass is 9.93. The van der Waals surface area contributed by atoms with E-state index in [9.17, 15) is 4.79 Å². The average molecular weight is 269 g/mol. The highest BCUT2D eigenvalue weighted by atomic mass is 16.1. The summed E-state index contributed by atoms with van der Waals surface area (Å²) >= 11 is 0. The molecule has 1 rings (SSSR count). The second-order valence-electron chi connectivity index (χ2n) is 6.43. The number of carbonyl (C=O) groups is 1. The number of primary amides is 1. The van der Waals surface area contributed by atoms with Gasteiger partial charge in [-0.25, -0.2) is 0 Å². The first-order valence-corrected chi connectivity index (χ1v) is 7.62. The van der Waals surface area contributed by atoms with Crippen LogP contribution in [0.15, 0.2) is 0 Å². The number of hydrogen-bond acceptors (Lipinski definition) is 3. The number of likely N-dealkylation sites (tertiary alicyclic amines) is 1. The summed E-state index contributed by atoms with van der Waals surface area (Å²) in [6.07, 6.45) is 5.67. The van der Waals surface area contributed by atoms with Crippen molar-refractivity contribution in [2.45, 2.75) is 64.5 Å². The van der Waals surface area contributed by atoms with Gasteiger partial charge in [-0.2, -0.15) is 0 Å². The summed E-state index contributed by atoms with van der Waals surface area (Å²) in [4.78, 5) is 14.0. The molecule has 4 nitrogen and oxygen atoms in total. The van der Waals surface area contributed by atoms with Crippen LogP contribution in [0, 0.1) is 5.92 Å². The average Bonchev–Trinajstić information content (AvgIpc) is 2.38. The molecule has 1 saturated heterocycles. The highest BCUT2D eigenvalue weighted by Crippen LogP contribution is 2.22. The van der Waals surface area contributed by atoms with Crippen LogP contribution in [0.4, 0.5) is 0 Å². The van der Waals surface area contributed by atoms with E-state index in [4.69, 9.17) is 5.73 Å². The fourth-order valence-electron chi connectivity index (χ4n) is 2.86. The lowest BCUT2D eigenvalue weighted by molar-refractivity contribution is -0.123. The minimum Gasteiger partial charge on any atom is -0.368 e. The van der Waals surface area contributed by atoms with E-state index < -0.39 is 5.54 Å². The van der Waals surface area contributed by atoms with Gasteiger partial charge in [0.1, 0.15) is 0 Å². The zero-order valence-corrected chi connectivity index (χ0v) is 13.0. The number of piperidine rings is 1. The molecule has 0 aromatic heterocycles. The number of amides is 1. The highest BCUT2D eigenvalue weighted by Gasteiger charge is 2.28. The molecule has 1 heterocycles. The maximum atomic E-state index is 11.4. The monoisotopic (exact) mass is 269 g/mol. The Hall–Kier alpha value is -0.610. The number of hydrogen-bond donors (Lipinski definition) is 2. The first kappa shape index (κ1) is 16.4.